The van der Waals surface area contributed by atoms with Crippen molar-refractivity contribution in [1.82, 2.24) is 4.98 Å². The molecule has 1 aromatic rings. The highest BCUT2D eigenvalue weighted by Gasteiger charge is 2.17. The molecule has 1 heterocycles. The summed E-state index contributed by atoms with van der Waals surface area (Å²) in [5.41, 5.74) is 6.80. The van der Waals surface area contributed by atoms with E-state index in [-0.39, 0.29) is 6.10 Å². The van der Waals surface area contributed by atoms with Crippen LogP contribution in [0, 0.1) is 0 Å². The van der Waals surface area contributed by atoms with Gasteiger partial charge in [0.05, 0.1) is 6.10 Å². The number of aliphatic hydroxyl groups is 1. The molecule has 0 aromatic carbocycles. The first-order valence-corrected chi connectivity index (χ1v) is 4.07. The third kappa shape index (κ3) is 2.17. The van der Waals surface area contributed by atoms with Crippen molar-refractivity contribution in [2.45, 2.75) is 19.1 Å². The summed E-state index contributed by atoms with van der Waals surface area (Å²) >= 11 is 0. The summed E-state index contributed by atoms with van der Waals surface area (Å²) in [6.45, 7) is 1.77. The Balaban J connectivity index is 2.88. The van der Waals surface area contributed by atoms with Crippen LogP contribution in [0.2, 0.25) is 0 Å². The molecule has 0 saturated heterocycles. The van der Waals surface area contributed by atoms with Gasteiger partial charge in [-0.1, -0.05) is 0 Å². The smallest absolute Gasteiger partial charge is 0.108 e. The van der Waals surface area contributed by atoms with Gasteiger partial charge in [-0.3, -0.25) is 4.98 Å². The van der Waals surface area contributed by atoms with Gasteiger partial charge in [-0.25, -0.2) is 0 Å². The second-order valence-corrected chi connectivity index (χ2v) is 2.89. The highest BCUT2D eigenvalue weighted by molar-refractivity contribution is 5.45. The molecular weight excluding hydrogens is 168 g/mol. The predicted octanol–water partition coefficient (Wildman–Crippen LogP) is 0.732. The standard InChI is InChI=1S/C9H14N2O2/c1-6(13-2)9(12)7-5-11-4-3-8(7)10/h3-6,9,12H,1-2H3,(H2,10,11). The van der Waals surface area contributed by atoms with Crippen LogP contribution in [-0.4, -0.2) is 23.3 Å². The lowest BCUT2D eigenvalue weighted by molar-refractivity contribution is -0.00121. The number of ether oxygens (including phenoxy) is 1. The summed E-state index contributed by atoms with van der Waals surface area (Å²) in [6.07, 6.45) is 2.13. The van der Waals surface area contributed by atoms with Gasteiger partial charge in [0.1, 0.15) is 6.10 Å². The second kappa shape index (κ2) is 4.20. The third-order valence-corrected chi connectivity index (χ3v) is 2.02. The Bertz CT molecular complexity index is 278. The number of hydrogen-bond donors (Lipinski definition) is 2. The number of nitrogens with zero attached hydrogens (tertiary/aromatic N) is 1. The molecule has 1 aromatic heterocycles. The fraction of sp³-hybridized carbons (Fsp3) is 0.444. The number of pyridine rings is 1. The molecule has 0 radical (unpaired) electrons. The van der Waals surface area contributed by atoms with Crippen LogP contribution in [0.1, 0.15) is 18.6 Å². The number of nitrogen functional groups attached to an aromatic ring is 1. The van der Waals surface area contributed by atoms with E-state index in [1.807, 2.05) is 0 Å². The molecule has 0 bridgehead atoms. The van der Waals surface area contributed by atoms with Crippen LogP contribution in [0.15, 0.2) is 18.5 Å². The molecule has 2 atom stereocenters. The van der Waals surface area contributed by atoms with E-state index in [1.165, 1.54) is 0 Å². The summed E-state index contributed by atoms with van der Waals surface area (Å²) in [6, 6.07) is 1.65. The van der Waals surface area contributed by atoms with Gasteiger partial charge >= 0.3 is 0 Å². The van der Waals surface area contributed by atoms with Crippen molar-refractivity contribution in [1.29, 1.82) is 0 Å². The third-order valence-electron chi connectivity index (χ3n) is 2.02. The maximum Gasteiger partial charge on any atom is 0.108 e. The van der Waals surface area contributed by atoms with Gasteiger partial charge in [0.25, 0.3) is 0 Å². The molecule has 1 rings (SSSR count). The number of nitrogens with two attached hydrogens (primary N) is 1. The summed E-state index contributed by atoms with van der Waals surface area (Å²) < 4.78 is 4.99. The van der Waals surface area contributed by atoms with E-state index in [0.29, 0.717) is 11.3 Å². The Labute approximate surface area is 77.4 Å². The SMILES string of the molecule is COC(C)C(O)c1cnccc1N. The fourth-order valence-corrected chi connectivity index (χ4v) is 1.05. The number of hydrogen-bond acceptors (Lipinski definition) is 4. The number of aromatic nitrogens is 1. The zero-order chi connectivity index (χ0) is 9.84. The summed E-state index contributed by atoms with van der Waals surface area (Å²) in [5, 5.41) is 9.72. The highest BCUT2D eigenvalue weighted by atomic mass is 16.5. The highest BCUT2D eigenvalue weighted by Crippen LogP contribution is 2.22. The largest absolute Gasteiger partial charge is 0.398 e. The van der Waals surface area contributed by atoms with E-state index in [4.69, 9.17) is 10.5 Å². The molecule has 2 unspecified atom stereocenters. The van der Waals surface area contributed by atoms with Crippen molar-refractivity contribution in [2.75, 3.05) is 12.8 Å². The molecule has 0 aliphatic heterocycles. The van der Waals surface area contributed by atoms with Crippen molar-refractivity contribution in [3.63, 3.8) is 0 Å². The average molecular weight is 182 g/mol. The van der Waals surface area contributed by atoms with E-state index >= 15 is 0 Å². The number of anilines is 1. The van der Waals surface area contributed by atoms with Crippen LogP contribution in [-0.2, 0) is 4.74 Å². The van der Waals surface area contributed by atoms with Gasteiger partial charge in [0, 0.05) is 30.8 Å². The first-order chi connectivity index (χ1) is 6.16. The molecule has 0 amide bonds. The maximum absolute atomic E-state index is 9.72. The summed E-state index contributed by atoms with van der Waals surface area (Å²) in [7, 11) is 1.54. The molecule has 72 valence electrons. The molecule has 0 saturated carbocycles. The van der Waals surface area contributed by atoms with Crippen LogP contribution in [0.3, 0.4) is 0 Å². The molecular formula is C9H14N2O2. The van der Waals surface area contributed by atoms with Gasteiger partial charge < -0.3 is 15.6 Å². The molecule has 0 spiro atoms. The topological polar surface area (TPSA) is 68.4 Å². The van der Waals surface area contributed by atoms with E-state index in [2.05, 4.69) is 4.98 Å². The van der Waals surface area contributed by atoms with Gasteiger partial charge in [0.2, 0.25) is 0 Å². The molecule has 4 heteroatoms. The molecule has 0 aliphatic rings. The lowest BCUT2D eigenvalue weighted by Gasteiger charge is -2.18. The minimum absolute atomic E-state index is 0.286. The lowest BCUT2D eigenvalue weighted by Crippen LogP contribution is -2.18. The number of aliphatic hydroxyl groups excluding tert-OH is 1. The normalized spacial score (nSPS) is 15.3. The Kier molecular flexibility index (Phi) is 3.22. The first-order valence-electron chi connectivity index (χ1n) is 4.07. The Hall–Kier alpha value is -1.13. The van der Waals surface area contributed by atoms with Gasteiger partial charge in [0.15, 0.2) is 0 Å². The quantitative estimate of drug-likeness (QED) is 0.723. The van der Waals surface area contributed by atoms with Crippen LogP contribution < -0.4 is 5.73 Å². The van der Waals surface area contributed by atoms with E-state index in [1.54, 1.807) is 32.5 Å². The van der Waals surface area contributed by atoms with Crippen LogP contribution in [0.4, 0.5) is 5.69 Å². The zero-order valence-corrected chi connectivity index (χ0v) is 7.77. The van der Waals surface area contributed by atoms with Crippen molar-refractivity contribution in [3.05, 3.63) is 24.0 Å². The Morgan fingerprint density at radius 1 is 1.62 bits per heavy atom. The predicted molar refractivity (Wildman–Crippen MR) is 50.1 cm³/mol. The Morgan fingerprint density at radius 2 is 2.31 bits per heavy atom. The summed E-state index contributed by atoms with van der Waals surface area (Å²) in [4.78, 5) is 3.89. The lowest BCUT2D eigenvalue weighted by atomic mass is 10.1. The van der Waals surface area contributed by atoms with Gasteiger partial charge in [-0.15, -0.1) is 0 Å². The van der Waals surface area contributed by atoms with Crippen molar-refractivity contribution in [3.8, 4) is 0 Å². The monoisotopic (exact) mass is 182 g/mol. The first kappa shape index (κ1) is 9.95. The summed E-state index contributed by atoms with van der Waals surface area (Å²) in [5.74, 6) is 0. The number of methoxy groups -OCH3 is 1. The minimum Gasteiger partial charge on any atom is -0.398 e. The molecule has 13 heavy (non-hydrogen) atoms. The molecule has 0 aliphatic carbocycles. The average Bonchev–Trinajstić information content (AvgIpc) is 2.16. The van der Waals surface area contributed by atoms with Gasteiger partial charge in [-0.2, -0.15) is 0 Å². The van der Waals surface area contributed by atoms with E-state index in [9.17, 15) is 5.11 Å². The molecule has 0 fully saturated rings. The van der Waals surface area contributed by atoms with Crippen LogP contribution in [0.5, 0.6) is 0 Å². The maximum atomic E-state index is 9.72. The zero-order valence-electron chi connectivity index (χ0n) is 7.77. The van der Waals surface area contributed by atoms with Crippen molar-refractivity contribution >= 4 is 5.69 Å². The van der Waals surface area contributed by atoms with Crippen LogP contribution in [0.25, 0.3) is 0 Å². The fourth-order valence-electron chi connectivity index (χ4n) is 1.05. The minimum atomic E-state index is -0.723. The van der Waals surface area contributed by atoms with Crippen molar-refractivity contribution < 1.29 is 9.84 Å². The second-order valence-electron chi connectivity index (χ2n) is 2.89. The number of rotatable bonds is 3. The molecule has 4 nitrogen and oxygen atoms in total. The van der Waals surface area contributed by atoms with Gasteiger partial charge in [-0.05, 0) is 13.0 Å². The Morgan fingerprint density at radius 3 is 2.85 bits per heavy atom. The van der Waals surface area contributed by atoms with Crippen molar-refractivity contribution in [2.24, 2.45) is 0 Å². The van der Waals surface area contributed by atoms with E-state index in [0.717, 1.165) is 0 Å². The molecule has 3 N–H and O–H groups in total. The van der Waals surface area contributed by atoms with Crippen LogP contribution >= 0.6 is 0 Å². The van der Waals surface area contributed by atoms with E-state index < -0.39 is 6.10 Å².